The molecule has 5 nitrogen and oxygen atoms in total. The summed E-state index contributed by atoms with van der Waals surface area (Å²) in [5.74, 6) is 0.938. The van der Waals surface area contributed by atoms with Crippen molar-refractivity contribution in [3.63, 3.8) is 0 Å². The fraction of sp³-hybridized carbons (Fsp3) is 0.438. The molecule has 3 rings (SSSR count). The largest absolute Gasteiger partial charge is 0.485 e. The Morgan fingerprint density at radius 3 is 2.76 bits per heavy atom. The van der Waals surface area contributed by atoms with E-state index in [-0.39, 0.29) is 0 Å². The summed E-state index contributed by atoms with van der Waals surface area (Å²) in [6.45, 7) is 6.70. The molecule has 0 aliphatic carbocycles. The van der Waals surface area contributed by atoms with E-state index in [9.17, 15) is 0 Å². The molecule has 1 aliphatic heterocycles. The maximum Gasteiger partial charge on any atom is 0.143 e. The molecule has 2 heterocycles. The van der Waals surface area contributed by atoms with Gasteiger partial charge in [-0.15, -0.1) is 0 Å². The minimum absolute atomic E-state index is 0.503. The normalized spacial score (nSPS) is 15.2. The van der Waals surface area contributed by atoms with Crippen molar-refractivity contribution in [3.8, 4) is 5.75 Å². The van der Waals surface area contributed by atoms with Gasteiger partial charge in [0.25, 0.3) is 0 Å². The maximum absolute atomic E-state index is 6.01. The second-order valence-electron chi connectivity index (χ2n) is 5.48. The lowest BCUT2D eigenvalue weighted by atomic mass is 10.1. The van der Waals surface area contributed by atoms with Gasteiger partial charge < -0.3 is 15.0 Å². The van der Waals surface area contributed by atoms with Gasteiger partial charge in [-0.2, -0.15) is 5.10 Å². The summed E-state index contributed by atoms with van der Waals surface area (Å²) in [4.78, 5) is 2.39. The molecule has 0 atom stereocenters. The van der Waals surface area contributed by atoms with E-state index in [1.807, 2.05) is 19.3 Å². The number of hydrogen-bond acceptors (Lipinski definition) is 4. The average Bonchev–Trinajstić information content (AvgIpc) is 2.92. The summed E-state index contributed by atoms with van der Waals surface area (Å²) in [5.41, 5.74) is 3.39. The second kappa shape index (κ2) is 6.18. The van der Waals surface area contributed by atoms with Crippen LogP contribution in [0.5, 0.6) is 5.75 Å². The van der Waals surface area contributed by atoms with Crippen molar-refractivity contribution < 1.29 is 4.74 Å². The zero-order valence-electron chi connectivity index (χ0n) is 12.7. The van der Waals surface area contributed by atoms with Crippen LogP contribution in [0.2, 0.25) is 0 Å². The maximum atomic E-state index is 6.01. The molecule has 1 aromatic carbocycles. The highest BCUT2D eigenvalue weighted by atomic mass is 16.5. The number of ether oxygens (including phenoxy) is 1. The number of benzene rings is 1. The van der Waals surface area contributed by atoms with Crippen molar-refractivity contribution in [1.29, 1.82) is 0 Å². The standard InChI is InChI=1S/C16H22N4O/c1-13-3-4-16(21-12-14-5-8-19(2)18-14)15(11-13)20-9-6-17-7-10-20/h3-5,8,11,17H,6-7,9-10,12H2,1-2H3. The molecule has 1 aliphatic rings. The van der Waals surface area contributed by atoms with Gasteiger partial charge >= 0.3 is 0 Å². The number of anilines is 1. The lowest BCUT2D eigenvalue weighted by Crippen LogP contribution is -2.43. The quantitative estimate of drug-likeness (QED) is 0.929. The molecular formula is C16H22N4O. The van der Waals surface area contributed by atoms with Gasteiger partial charge in [0.1, 0.15) is 12.4 Å². The van der Waals surface area contributed by atoms with Crippen LogP contribution in [0.4, 0.5) is 5.69 Å². The Morgan fingerprint density at radius 2 is 2.05 bits per heavy atom. The van der Waals surface area contributed by atoms with E-state index >= 15 is 0 Å². The summed E-state index contributed by atoms with van der Waals surface area (Å²) >= 11 is 0. The summed E-state index contributed by atoms with van der Waals surface area (Å²) in [5, 5.41) is 7.74. The smallest absolute Gasteiger partial charge is 0.143 e. The molecule has 0 unspecified atom stereocenters. The fourth-order valence-corrected chi connectivity index (χ4v) is 2.59. The van der Waals surface area contributed by atoms with Crippen LogP contribution in [0.25, 0.3) is 0 Å². The van der Waals surface area contributed by atoms with Crippen LogP contribution in [0.1, 0.15) is 11.3 Å². The van der Waals surface area contributed by atoms with Gasteiger partial charge in [0, 0.05) is 39.4 Å². The Balaban J connectivity index is 1.77. The third-order valence-electron chi connectivity index (χ3n) is 3.72. The summed E-state index contributed by atoms with van der Waals surface area (Å²) < 4.78 is 7.80. The molecule has 0 saturated carbocycles. The Morgan fingerprint density at radius 1 is 1.24 bits per heavy atom. The van der Waals surface area contributed by atoms with Crippen molar-refractivity contribution in [2.24, 2.45) is 7.05 Å². The Labute approximate surface area is 125 Å². The zero-order chi connectivity index (χ0) is 14.7. The summed E-state index contributed by atoms with van der Waals surface area (Å²) in [6, 6.07) is 8.35. The minimum atomic E-state index is 0.503. The number of aromatic nitrogens is 2. The van der Waals surface area contributed by atoms with Crippen LogP contribution in [0, 0.1) is 6.92 Å². The lowest BCUT2D eigenvalue weighted by molar-refractivity contribution is 0.300. The van der Waals surface area contributed by atoms with E-state index in [0.29, 0.717) is 6.61 Å². The van der Waals surface area contributed by atoms with Crippen molar-refractivity contribution in [1.82, 2.24) is 15.1 Å². The molecule has 21 heavy (non-hydrogen) atoms. The first-order valence-electron chi connectivity index (χ1n) is 7.40. The van der Waals surface area contributed by atoms with Gasteiger partial charge in [0.15, 0.2) is 0 Å². The number of rotatable bonds is 4. The SMILES string of the molecule is Cc1ccc(OCc2ccn(C)n2)c(N2CCNCC2)c1. The van der Waals surface area contributed by atoms with Crippen molar-refractivity contribution >= 4 is 5.69 Å². The molecular weight excluding hydrogens is 264 g/mol. The predicted octanol–water partition coefficient (Wildman–Crippen LogP) is 1.72. The highest BCUT2D eigenvalue weighted by Crippen LogP contribution is 2.30. The van der Waals surface area contributed by atoms with Gasteiger partial charge in [0.2, 0.25) is 0 Å². The van der Waals surface area contributed by atoms with E-state index in [1.165, 1.54) is 11.3 Å². The van der Waals surface area contributed by atoms with Gasteiger partial charge in [-0.05, 0) is 30.7 Å². The van der Waals surface area contributed by atoms with E-state index in [2.05, 4.69) is 40.4 Å². The van der Waals surface area contributed by atoms with Gasteiger partial charge in [-0.1, -0.05) is 6.07 Å². The topological polar surface area (TPSA) is 42.3 Å². The molecule has 2 aromatic rings. The average molecular weight is 286 g/mol. The first-order valence-corrected chi connectivity index (χ1v) is 7.40. The summed E-state index contributed by atoms with van der Waals surface area (Å²) in [6.07, 6.45) is 1.94. The van der Waals surface area contributed by atoms with Crippen LogP contribution in [0.3, 0.4) is 0 Å². The lowest BCUT2D eigenvalue weighted by Gasteiger charge is -2.31. The molecule has 0 spiro atoms. The molecule has 0 bridgehead atoms. The highest BCUT2D eigenvalue weighted by molar-refractivity contribution is 5.60. The van der Waals surface area contributed by atoms with Gasteiger partial charge in [-0.25, -0.2) is 0 Å². The Bertz CT molecular complexity index is 602. The summed E-state index contributed by atoms with van der Waals surface area (Å²) in [7, 11) is 1.92. The van der Waals surface area contributed by atoms with Gasteiger partial charge in [-0.3, -0.25) is 4.68 Å². The Hall–Kier alpha value is -2.01. The number of aryl methyl sites for hydroxylation is 2. The predicted molar refractivity (Wildman–Crippen MR) is 83.8 cm³/mol. The zero-order valence-corrected chi connectivity index (χ0v) is 12.7. The molecule has 5 heteroatoms. The van der Waals surface area contributed by atoms with Crippen molar-refractivity contribution in [3.05, 3.63) is 41.7 Å². The van der Waals surface area contributed by atoms with Crippen LogP contribution in [-0.4, -0.2) is 36.0 Å². The highest BCUT2D eigenvalue weighted by Gasteiger charge is 2.15. The molecule has 0 radical (unpaired) electrons. The van der Waals surface area contributed by atoms with E-state index in [1.54, 1.807) is 4.68 Å². The fourth-order valence-electron chi connectivity index (χ4n) is 2.59. The van der Waals surface area contributed by atoms with Gasteiger partial charge in [0.05, 0.1) is 11.4 Å². The monoisotopic (exact) mass is 286 g/mol. The molecule has 112 valence electrons. The molecule has 1 aromatic heterocycles. The van der Waals surface area contributed by atoms with E-state index < -0.39 is 0 Å². The minimum Gasteiger partial charge on any atom is -0.485 e. The van der Waals surface area contributed by atoms with Crippen molar-refractivity contribution in [2.45, 2.75) is 13.5 Å². The first-order chi connectivity index (χ1) is 10.2. The number of nitrogens with zero attached hydrogens (tertiary/aromatic N) is 3. The molecule has 0 amide bonds. The third kappa shape index (κ3) is 3.36. The van der Waals surface area contributed by atoms with Crippen LogP contribution in [-0.2, 0) is 13.7 Å². The van der Waals surface area contributed by atoms with Crippen LogP contribution < -0.4 is 15.0 Å². The first kappa shape index (κ1) is 13.9. The van der Waals surface area contributed by atoms with Crippen molar-refractivity contribution in [2.75, 3.05) is 31.1 Å². The van der Waals surface area contributed by atoms with E-state index in [4.69, 9.17) is 4.74 Å². The molecule has 1 N–H and O–H groups in total. The van der Waals surface area contributed by atoms with Crippen LogP contribution in [0.15, 0.2) is 30.5 Å². The molecule has 1 saturated heterocycles. The Kier molecular flexibility index (Phi) is 4.10. The number of piperazine rings is 1. The number of nitrogens with one attached hydrogen (secondary N) is 1. The molecule has 1 fully saturated rings. The van der Waals surface area contributed by atoms with E-state index in [0.717, 1.165) is 37.6 Å². The van der Waals surface area contributed by atoms with Crippen LogP contribution >= 0.6 is 0 Å². The number of hydrogen-bond donors (Lipinski definition) is 1. The third-order valence-corrected chi connectivity index (χ3v) is 3.72. The second-order valence-corrected chi connectivity index (χ2v) is 5.48.